The van der Waals surface area contributed by atoms with E-state index < -0.39 is 25.8 Å². The zero-order chi connectivity index (χ0) is 13.8. The molecule has 0 aliphatic heterocycles. The van der Waals surface area contributed by atoms with E-state index in [4.69, 9.17) is 5.14 Å². The standard InChI is InChI=1S/C8H14N4O4S2/c1-10-8-3-2-7(6-11-8)18(15,16)12-4-5-17(9,13)14/h2-3,6,12H,4-5H2,1H3,(H,10,11)(H2,9,13,14). The fourth-order valence-electron chi connectivity index (χ4n) is 1.09. The van der Waals surface area contributed by atoms with Crippen molar-refractivity contribution in [3.63, 3.8) is 0 Å². The van der Waals surface area contributed by atoms with Crippen LogP contribution in [-0.4, -0.2) is 41.2 Å². The summed E-state index contributed by atoms with van der Waals surface area (Å²) in [5.41, 5.74) is 0. The van der Waals surface area contributed by atoms with Crippen molar-refractivity contribution in [3.8, 4) is 0 Å². The van der Waals surface area contributed by atoms with Gasteiger partial charge in [0.1, 0.15) is 10.7 Å². The Morgan fingerprint density at radius 1 is 1.28 bits per heavy atom. The maximum Gasteiger partial charge on any atom is 0.242 e. The molecule has 0 saturated carbocycles. The van der Waals surface area contributed by atoms with Crippen LogP contribution in [0.5, 0.6) is 0 Å². The Bertz CT molecular complexity index is 594. The van der Waals surface area contributed by atoms with Gasteiger partial charge in [0.25, 0.3) is 0 Å². The Morgan fingerprint density at radius 3 is 2.39 bits per heavy atom. The van der Waals surface area contributed by atoms with Crippen molar-refractivity contribution in [2.45, 2.75) is 4.90 Å². The molecule has 0 radical (unpaired) electrons. The Balaban J connectivity index is 2.74. The highest BCUT2D eigenvalue weighted by atomic mass is 32.2. The second kappa shape index (κ2) is 5.61. The van der Waals surface area contributed by atoms with Crippen molar-refractivity contribution in [3.05, 3.63) is 18.3 Å². The average Bonchev–Trinajstić information content (AvgIpc) is 2.27. The third-order valence-corrected chi connectivity index (χ3v) is 4.20. The summed E-state index contributed by atoms with van der Waals surface area (Å²) in [7, 11) is -5.81. The van der Waals surface area contributed by atoms with Crippen LogP contribution >= 0.6 is 0 Å². The van der Waals surface area contributed by atoms with Crippen LogP contribution < -0.4 is 15.2 Å². The number of sulfonamides is 2. The monoisotopic (exact) mass is 294 g/mol. The molecule has 0 amide bonds. The molecule has 0 spiro atoms. The van der Waals surface area contributed by atoms with Gasteiger partial charge >= 0.3 is 0 Å². The Morgan fingerprint density at radius 2 is 1.94 bits per heavy atom. The lowest BCUT2D eigenvalue weighted by Crippen LogP contribution is -2.31. The van der Waals surface area contributed by atoms with Gasteiger partial charge in [-0.15, -0.1) is 0 Å². The van der Waals surface area contributed by atoms with Gasteiger partial charge in [-0.2, -0.15) is 0 Å². The minimum atomic E-state index is -3.77. The molecule has 0 aliphatic carbocycles. The maximum atomic E-state index is 11.7. The number of anilines is 1. The first-order valence-corrected chi connectivity index (χ1v) is 8.08. The minimum Gasteiger partial charge on any atom is -0.373 e. The fraction of sp³-hybridized carbons (Fsp3) is 0.375. The van der Waals surface area contributed by atoms with Crippen LogP contribution in [0, 0.1) is 0 Å². The topological polar surface area (TPSA) is 131 Å². The third kappa shape index (κ3) is 4.56. The molecule has 18 heavy (non-hydrogen) atoms. The molecule has 8 nitrogen and oxygen atoms in total. The molecule has 0 atom stereocenters. The fourth-order valence-corrected chi connectivity index (χ4v) is 2.58. The summed E-state index contributed by atoms with van der Waals surface area (Å²) in [6.45, 7) is -0.283. The van der Waals surface area contributed by atoms with Crippen molar-refractivity contribution in [2.24, 2.45) is 5.14 Å². The molecule has 0 bridgehead atoms. The highest BCUT2D eigenvalue weighted by Gasteiger charge is 2.15. The summed E-state index contributed by atoms with van der Waals surface area (Å²) in [6, 6.07) is 2.85. The Kier molecular flexibility index (Phi) is 4.62. The highest BCUT2D eigenvalue weighted by molar-refractivity contribution is 7.90. The summed E-state index contributed by atoms with van der Waals surface area (Å²) in [6.07, 6.45) is 1.17. The number of nitrogens with one attached hydrogen (secondary N) is 2. The van der Waals surface area contributed by atoms with Crippen molar-refractivity contribution in [1.82, 2.24) is 9.71 Å². The van der Waals surface area contributed by atoms with Gasteiger partial charge in [-0.05, 0) is 12.1 Å². The summed E-state index contributed by atoms with van der Waals surface area (Å²) in [5.74, 6) is 0.0623. The molecule has 0 saturated heterocycles. The van der Waals surface area contributed by atoms with Gasteiger partial charge in [0.05, 0.1) is 5.75 Å². The van der Waals surface area contributed by atoms with E-state index in [1.165, 1.54) is 18.3 Å². The molecule has 0 aromatic carbocycles. The maximum absolute atomic E-state index is 11.7. The molecular weight excluding hydrogens is 280 g/mol. The summed E-state index contributed by atoms with van der Waals surface area (Å²) in [4.78, 5) is 3.80. The number of hydrogen-bond acceptors (Lipinski definition) is 6. The van der Waals surface area contributed by atoms with Gasteiger partial charge < -0.3 is 5.32 Å². The van der Waals surface area contributed by atoms with Crippen LogP contribution in [-0.2, 0) is 20.0 Å². The van der Waals surface area contributed by atoms with E-state index in [2.05, 4.69) is 15.0 Å². The van der Waals surface area contributed by atoms with E-state index >= 15 is 0 Å². The van der Waals surface area contributed by atoms with Gasteiger partial charge in [0.15, 0.2) is 0 Å². The van der Waals surface area contributed by atoms with Crippen molar-refractivity contribution < 1.29 is 16.8 Å². The number of primary sulfonamides is 1. The van der Waals surface area contributed by atoms with Crippen LogP contribution in [0.2, 0.25) is 0 Å². The quantitative estimate of drug-likeness (QED) is 0.597. The van der Waals surface area contributed by atoms with E-state index in [1.807, 2.05) is 0 Å². The van der Waals surface area contributed by atoms with E-state index in [0.29, 0.717) is 5.82 Å². The molecule has 0 unspecified atom stereocenters. The second-order valence-corrected chi connectivity index (χ2v) is 6.89. The summed E-state index contributed by atoms with van der Waals surface area (Å²) in [5, 5.41) is 7.50. The lowest BCUT2D eigenvalue weighted by atomic mass is 10.5. The number of nitrogens with zero attached hydrogens (tertiary/aromatic N) is 1. The minimum absolute atomic E-state index is 0.0454. The molecule has 4 N–H and O–H groups in total. The second-order valence-electron chi connectivity index (χ2n) is 3.39. The Labute approximate surface area is 106 Å². The lowest BCUT2D eigenvalue weighted by Gasteiger charge is -2.06. The number of aromatic nitrogens is 1. The van der Waals surface area contributed by atoms with Crippen molar-refractivity contribution in [2.75, 3.05) is 24.7 Å². The number of pyridine rings is 1. The van der Waals surface area contributed by atoms with Gasteiger partial charge in [-0.25, -0.2) is 31.7 Å². The number of nitrogens with two attached hydrogens (primary N) is 1. The summed E-state index contributed by atoms with van der Waals surface area (Å²) < 4.78 is 46.9. The SMILES string of the molecule is CNc1ccc(S(=O)(=O)NCCS(N)(=O)=O)cn1. The normalized spacial score (nSPS) is 12.3. The molecule has 102 valence electrons. The molecule has 0 fully saturated rings. The molecule has 0 aliphatic rings. The van der Waals surface area contributed by atoms with Gasteiger partial charge in [0.2, 0.25) is 20.0 Å². The molecule has 1 heterocycles. The predicted molar refractivity (Wildman–Crippen MR) is 66.9 cm³/mol. The van der Waals surface area contributed by atoms with Gasteiger partial charge in [-0.1, -0.05) is 0 Å². The first-order chi connectivity index (χ1) is 8.24. The molecule has 10 heteroatoms. The van der Waals surface area contributed by atoms with Crippen LogP contribution in [0.25, 0.3) is 0 Å². The molecular formula is C8H14N4O4S2. The number of hydrogen-bond donors (Lipinski definition) is 3. The molecule has 1 rings (SSSR count). The largest absolute Gasteiger partial charge is 0.373 e. The average molecular weight is 294 g/mol. The van der Waals surface area contributed by atoms with E-state index in [9.17, 15) is 16.8 Å². The van der Waals surface area contributed by atoms with Crippen LogP contribution in [0.15, 0.2) is 23.2 Å². The highest BCUT2D eigenvalue weighted by Crippen LogP contribution is 2.09. The zero-order valence-electron chi connectivity index (χ0n) is 9.62. The van der Waals surface area contributed by atoms with E-state index in [0.717, 1.165) is 0 Å². The first-order valence-electron chi connectivity index (χ1n) is 4.88. The van der Waals surface area contributed by atoms with Crippen molar-refractivity contribution in [1.29, 1.82) is 0 Å². The van der Waals surface area contributed by atoms with E-state index in [-0.39, 0.29) is 11.4 Å². The smallest absolute Gasteiger partial charge is 0.242 e. The predicted octanol–water partition coefficient (Wildman–Crippen LogP) is -1.31. The number of rotatable bonds is 6. The van der Waals surface area contributed by atoms with Crippen LogP contribution in [0.4, 0.5) is 5.82 Å². The molecule has 1 aromatic heterocycles. The summed E-state index contributed by atoms with van der Waals surface area (Å²) >= 11 is 0. The lowest BCUT2D eigenvalue weighted by molar-refractivity contribution is 0.581. The zero-order valence-corrected chi connectivity index (χ0v) is 11.3. The van der Waals surface area contributed by atoms with Crippen LogP contribution in [0.1, 0.15) is 0 Å². The van der Waals surface area contributed by atoms with E-state index in [1.54, 1.807) is 7.05 Å². The van der Waals surface area contributed by atoms with Crippen LogP contribution in [0.3, 0.4) is 0 Å². The first kappa shape index (κ1) is 14.8. The van der Waals surface area contributed by atoms with Gasteiger partial charge in [0, 0.05) is 19.8 Å². The van der Waals surface area contributed by atoms with Crippen molar-refractivity contribution >= 4 is 25.9 Å². The third-order valence-electron chi connectivity index (χ3n) is 1.98. The van der Waals surface area contributed by atoms with Gasteiger partial charge in [-0.3, -0.25) is 0 Å². The Hall–Kier alpha value is -1.23. The molecule has 1 aromatic rings.